The summed E-state index contributed by atoms with van der Waals surface area (Å²) < 4.78 is 10.2. The van der Waals surface area contributed by atoms with E-state index in [9.17, 15) is 34.3 Å². The van der Waals surface area contributed by atoms with Gasteiger partial charge in [0, 0.05) is 17.7 Å². The minimum atomic E-state index is -1.30. The minimum Gasteiger partial charge on any atom is -0.480 e. The maximum absolute atomic E-state index is 12.4. The third-order valence-corrected chi connectivity index (χ3v) is 5.90. The van der Waals surface area contributed by atoms with E-state index in [-0.39, 0.29) is 37.3 Å². The molecule has 6 N–H and O–H groups in total. The quantitative estimate of drug-likeness (QED) is 0.201. The number of amides is 3. The summed E-state index contributed by atoms with van der Waals surface area (Å²) in [7, 11) is -2.21. The molecule has 3 amide bonds. The van der Waals surface area contributed by atoms with Gasteiger partial charge in [-0.25, -0.2) is 4.79 Å². The fourth-order valence-corrected chi connectivity index (χ4v) is 3.91. The molecular formula is C22H23B2N3O9. The molecule has 0 spiro atoms. The largest absolute Gasteiger partial charge is 0.491 e. The van der Waals surface area contributed by atoms with Crippen LogP contribution in [0.3, 0.4) is 0 Å². The molecule has 2 aromatic rings. The molecule has 0 aromatic heterocycles. The van der Waals surface area contributed by atoms with Crippen LogP contribution in [0.4, 0.5) is 0 Å². The van der Waals surface area contributed by atoms with Gasteiger partial charge in [-0.2, -0.15) is 0 Å². The van der Waals surface area contributed by atoms with E-state index in [1.807, 2.05) is 0 Å². The van der Waals surface area contributed by atoms with Crippen molar-refractivity contribution in [3.8, 4) is 0 Å². The number of nitrogens with one attached hydrogen (secondary N) is 3. The number of carboxylic acid groups (broad SMARTS) is 1. The highest BCUT2D eigenvalue weighted by atomic mass is 16.5. The van der Waals surface area contributed by atoms with E-state index >= 15 is 0 Å². The maximum Gasteiger partial charge on any atom is 0.491 e. The number of rotatable bonds is 9. The average Bonchev–Trinajstić information content (AvgIpc) is 3.43. The maximum atomic E-state index is 12.4. The molecule has 12 nitrogen and oxygen atoms in total. The van der Waals surface area contributed by atoms with Crippen molar-refractivity contribution < 1.29 is 43.6 Å². The van der Waals surface area contributed by atoms with Crippen molar-refractivity contribution in [1.29, 1.82) is 0 Å². The molecule has 2 heterocycles. The van der Waals surface area contributed by atoms with E-state index < -0.39 is 50.5 Å². The van der Waals surface area contributed by atoms with Crippen LogP contribution in [0, 0.1) is 0 Å². The summed E-state index contributed by atoms with van der Waals surface area (Å²) in [6.45, 7) is -0.0176. The van der Waals surface area contributed by atoms with Gasteiger partial charge in [0.05, 0.1) is 19.8 Å². The molecule has 4 rings (SSSR count). The second-order valence-corrected chi connectivity index (χ2v) is 8.34. The number of hydrogen-bond acceptors (Lipinski definition) is 8. The topological polar surface area (TPSA) is 184 Å². The van der Waals surface area contributed by atoms with Gasteiger partial charge >= 0.3 is 20.2 Å². The smallest absolute Gasteiger partial charge is 0.480 e. The van der Waals surface area contributed by atoms with Gasteiger partial charge in [-0.1, -0.05) is 12.1 Å². The van der Waals surface area contributed by atoms with Gasteiger partial charge in [0.25, 0.3) is 11.8 Å². The Hall–Kier alpha value is -3.71. The van der Waals surface area contributed by atoms with Gasteiger partial charge < -0.3 is 40.4 Å². The van der Waals surface area contributed by atoms with E-state index in [4.69, 9.17) is 9.31 Å². The molecule has 0 unspecified atom stereocenters. The van der Waals surface area contributed by atoms with Crippen LogP contribution in [-0.2, 0) is 32.1 Å². The van der Waals surface area contributed by atoms with Crippen LogP contribution < -0.4 is 26.9 Å². The Morgan fingerprint density at radius 2 is 1.39 bits per heavy atom. The number of fused-ring (bicyclic) bond motifs is 2. The Kier molecular flexibility index (Phi) is 7.69. The summed E-state index contributed by atoms with van der Waals surface area (Å²) in [5.74, 6) is -3.06. The standard InChI is InChI=1S/C22H23B2N3O9/c28-19(9-26-21(30)13-2-4-15-11-36-24(34)17(15)8-13)27-18(22(31)32)5-6-25-20(29)12-1-3-14-10-35-23(33)16(14)7-12/h1-4,7-8,18,33-34H,5-6,9-11H2,(H,25,29)(H,26,30)(H,27,28)(H,31,32)/t18-/m0/s1. The van der Waals surface area contributed by atoms with Crippen LogP contribution in [0.15, 0.2) is 36.4 Å². The second kappa shape index (κ2) is 10.9. The zero-order chi connectivity index (χ0) is 25.8. The molecule has 0 saturated carbocycles. The number of aliphatic carboxylic acids is 1. The van der Waals surface area contributed by atoms with E-state index in [1.54, 1.807) is 18.2 Å². The SMILES string of the molecule is O=C(CNC(=O)c1ccc2c(c1)B(O)OC2)N[C@@H](CCNC(=O)c1ccc2c(c1)B(O)OC2)C(=O)O. The van der Waals surface area contributed by atoms with Gasteiger partial charge in [0.2, 0.25) is 5.91 Å². The van der Waals surface area contributed by atoms with Crippen LogP contribution in [0.1, 0.15) is 38.3 Å². The van der Waals surface area contributed by atoms with E-state index in [0.29, 0.717) is 10.9 Å². The van der Waals surface area contributed by atoms with Crippen LogP contribution in [0.5, 0.6) is 0 Å². The average molecular weight is 495 g/mol. The first kappa shape index (κ1) is 25.4. The zero-order valence-corrected chi connectivity index (χ0v) is 19.0. The molecule has 0 bridgehead atoms. The van der Waals surface area contributed by atoms with E-state index in [1.165, 1.54) is 18.2 Å². The number of carboxylic acids is 1. The molecule has 0 fully saturated rings. The summed E-state index contributed by atoms with van der Waals surface area (Å²) in [6.07, 6.45) is -0.0971. The van der Waals surface area contributed by atoms with Crippen molar-refractivity contribution in [3.05, 3.63) is 58.7 Å². The Labute approximate surface area is 206 Å². The molecule has 2 aliphatic heterocycles. The fraction of sp³-hybridized carbons (Fsp3) is 0.273. The molecule has 186 valence electrons. The highest BCUT2D eigenvalue weighted by Gasteiger charge is 2.29. The highest BCUT2D eigenvalue weighted by molar-refractivity contribution is 6.62. The Balaban J connectivity index is 1.24. The lowest BCUT2D eigenvalue weighted by atomic mass is 9.79. The van der Waals surface area contributed by atoms with Gasteiger partial charge in [0.15, 0.2) is 0 Å². The van der Waals surface area contributed by atoms with Gasteiger partial charge in [-0.3, -0.25) is 14.4 Å². The second-order valence-electron chi connectivity index (χ2n) is 8.34. The van der Waals surface area contributed by atoms with Crippen molar-refractivity contribution in [2.75, 3.05) is 13.1 Å². The first-order valence-corrected chi connectivity index (χ1v) is 11.2. The summed E-state index contributed by atoms with van der Waals surface area (Å²) in [5.41, 5.74) is 3.02. The molecule has 1 atom stereocenters. The Bertz CT molecular complexity index is 1210. The number of benzene rings is 2. The number of hydrogen-bond donors (Lipinski definition) is 6. The lowest BCUT2D eigenvalue weighted by molar-refractivity contribution is -0.141. The van der Waals surface area contributed by atoms with E-state index in [0.717, 1.165) is 11.1 Å². The Morgan fingerprint density at radius 3 is 1.92 bits per heavy atom. The predicted molar refractivity (Wildman–Crippen MR) is 127 cm³/mol. The lowest BCUT2D eigenvalue weighted by Gasteiger charge is -2.15. The zero-order valence-electron chi connectivity index (χ0n) is 19.0. The minimum absolute atomic E-state index is 0.0436. The third kappa shape index (κ3) is 5.74. The molecule has 14 heteroatoms. The van der Waals surface area contributed by atoms with Gasteiger partial charge in [-0.05, 0) is 52.7 Å². The first-order valence-electron chi connectivity index (χ1n) is 11.2. The van der Waals surface area contributed by atoms with Crippen LogP contribution in [-0.4, -0.2) is 72.2 Å². The molecule has 36 heavy (non-hydrogen) atoms. The van der Waals surface area contributed by atoms with Crippen molar-refractivity contribution in [1.82, 2.24) is 16.0 Å². The summed E-state index contributed by atoms with van der Waals surface area (Å²) >= 11 is 0. The fourth-order valence-electron chi connectivity index (χ4n) is 3.91. The normalized spacial score (nSPS) is 14.6. The van der Waals surface area contributed by atoms with Crippen molar-refractivity contribution in [3.63, 3.8) is 0 Å². The van der Waals surface area contributed by atoms with Crippen molar-refractivity contribution in [2.45, 2.75) is 25.7 Å². The predicted octanol–water partition coefficient (Wildman–Crippen LogP) is -2.76. The summed E-state index contributed by atoms with van der Waals surface area (Å²) in [4.78, 5) is 48.5. The summed E-state index contributed by atoms with van der Waals surface area (Å²) in [5, 5.41) is 36.2. The molecule has 0 aliphatic carbocycles. The van der Waals surface area contributed by atoms with Crippen LogP contribution in [0.25, 0.3) is 0 Å². The van der Waals surface area contributed by atoms with Crippen molar-refractivity contribution >= 4 is 48.9 Å². The monoisotopic (exact) mass is 495 g/mol. The van der Waals surface area contributed by atoms with Crippen LogP contribution in [0.2, 0.25) is 0 Å². The van der Waals surface area contributed by atoms with Crippen LogP contribution >= 0.6 is 0 Å². The summed E-state index contributed by atoms with van der Waals surface area (Å²) in [6, 6.07) is 8.11. The molecular weight excluding hydrogens is 472 g/mol. The highest BCUT2D eigenvalue weighted by Crippen LogP contribution is 2.12. The lowest BCUT2D eigenvalue weighted by Crippen LogP contribution is -2.47. The number of carbonyl (C=O) groups is 4. The van der Waals surface area contributed by atoms with Crippen molar-refractivity contribution in [2.24, 2.45) is 0 Å². The molecule has 0 saturated heterocycles. The third-order valence-electron chi connectivity index (χ3n) is 5.90. The molecule has 2 aliphatic rings. The Morgan fingerprint density at radius 1 is 0.861 bits per heavy atom. The van der Waals surface area contributed by atoms with Gasteiger partial charge in [0.1, 0.15) is 6.04 Å². The molecule has 2 aromatic carbocycles. The molecule has 0 radical (unpaired) electrons. The van der Waals surface area contributed by atoms with Gasteiger partial charge in [-0.15, -0.1) is 0 Å². The first-order chi connectivity index (χ1) is 17.2. The number of carbonyl (C=O) groups excluding carboxylic acids is 3. The van der Waals surface area contributed by atoms with E-state index in [2.05, 4.69) is 16.0 Å².